The number of aliphatic carboxylic acids is 1. The van der Waals surface area contributed by atoms with E-state index in [2.05, 4.69) is 0 Å². The van der Waals surface area contributed by atoms with Gasteiger partial charge in [0.15, 0.2) is 0 Å². The SMILES string of the molecule is CC(C)(C)OC(=O)N(COS(=O)(=O)c1ccccc1)Cc1ccc(CCC(=O)O)cc1. The van der Waals surface area contributed by atoms with Crippen LogP contribution < -0.4 is 0 Å². The molecule has 0 aliphatic heterocycles. The molecule has 168 valence electrons. The summed E-state index contributed by atoms with van der Waals surface area (Å²) in [5, 5.41) is 8.79. The van der Waals surface area contributed by atoms with Gasteiger partial charge in [-0.05, 0) is 50.5 Å². The lowest BCUT2D eigenvalue weighted by atomic mass is 10.1. The van der Waals surface area contributed by atoms with Gasteiger partial charge in [-0.15, -0.1) is 0 Å². The molecule has 1 N–H and O–H groups in total. The first-order valence-electron chi connectivity index (χ1n) is 9.68. The van der Waals surface area contributed by atoms with Crippen molar-refractivity contribution < 1.29 is 32.0 Å². The number of hydrogen-bond acceptors (Lipinski definition) is 6. The summed E-state index contributed by atoms with van der Waals surface area (Å²) in [5.74, 6) is -0.878. The first-order valence-corrected chi connectivity index (χ1v) is 11.1. The Bertz CT molecular complexity index is 981. The third-order valence-corrected chi connectivity index (χ3v) is 5.34. The molecule has 0 saturated heterocycles. The van der Waals surface area contributed by atoms with E-state index in [0.717, 1.165) is 10.5 Å². The molecule has 8 nitrogen and oxygen atoms in total. The second-order valence-corrected chi connectivity index (χ2v) is 9.52. The minimum Gasteiger partial charge on any atom is -0.481 e. The largest absolute Gasteiger partial charge is 0.481 e. The summed E-state index contributed by atoms with van der Waals surface area (Å²) in [6.45, 7) is 4.66. The summed E-state index contributed by atoms with van der Waals surface area (Å²) < 4.78 is 35.3. The molecule has 2 aromatic carbocycles. The van der Waals surface area contributed by atoms with Crippen molar-refractivity contribution in [1.82, 2.24) is 4.90 Å². The molecule has 0 bridgehead atoms. The third-order valence-electron chi connectivity index (χ3n) is 4.07. The molecule has 0 aliphatic rings. The molecule has 9 heteroatoms. The first kappa shape index (κ1) is 24.4. The Balaban J connectivity index is 2.13. The molecule has 0 radical (unpaired) electrons. The van der Waals surface area contributed by atoms with Gasteiger partial charge in [-0.2, -0.15) is 8.42 Å². The van der Waals surface area contributed by atoms with Crippen molar-refractivity contribution in [2.24, 2.45) is 0 Å². The van der Waals surface area contributed by atoms with E-state index in [1.54, 1.807) is 63.2 Å². The summed E-state index contributed by atoms with van der Waals surface area (Å²) >= 11 is 0. The van der Waals surface area contributed by atoms with Crippen LogP contribution in [0.5, 0.6) is 0 Å². The van der Waals surface area contributed by atoms with Crippen LogP contribution in [0.3, 0.4) is 0 Å². The van der Waals surface area contributed by atoms with Gasteiger partial charge in [0.1, 0.15) is 12.3 Å². The van der Waals surface area contributed by atoms with Gasteiger partial charge in [-0.25, -0.2) is 8.98 Å². The van der Waals surface area contributed by atoms with E-state index < -0.39 is 34.5 Å². The topological polar surface area (TPSA) is 110 Å². The summed E-state index contributed by atoms with van der Waals surface area (Å²) in [4.78, 5) is 24.5. The Morgan fingerprint density at radius 2 is 1.55 bits per heavy atom. The highest BCUT2D eigenvalue weighted by molar-refractivity contribution is 7.86. The zero-order valence-electron chi connectivity index (χ0n) is 17.8. The lowest BCUT2D eigenvalue weighted by molar-refractivity contribution is -0.136. The fourth-order valence-electron chi connectivity index (χ4n) is 2.56. The molecule has 0 saturated carbocycles. The van der Waals surface area contributed by atoms with Crippen LogP contribution in [0.1, 0.15) is 38.3 Å². The van der Waals surface area contributed by atoms with Gasteiger partial charge >= 0.3 is 12.1 Å². The van der Waals surface area contributed by atoms with Gasteiger partial charge in [0.05, 0.1) is 11.4 Å². The minimum absolute atomic E-state index is 0.0121. The van der Waals surface area contributed by atoms with Crippen molar-refractivity contribution in [1.29, 1.82) is 0 Å². The summed E-state index contributed by atoms with van der Waals surface area (Å²) in [6.07, 6.45) is -0.302. The van der Waals surface area contributed by atoms with Gasteiger partial charge in [0.2, 0.25) is 0 Å². The molecule has 31 heavy (non-hydrogen) atoms. The third kappa shape index (κ3) is 8.39. The van der Waals surface area contributed by atoms with Gasteiger partial charge in [-0.3, -0.25) is 9.69 Å². The van der Waals surface area contributed by atoms with Crippen LogP contribution in [-0.4, -0.2) is 42.8 Å². The lowest BCUT2D eigenvalue weighted by Crippen LogP contribution is -2.38. The number of aryl methyl sites for hydroxylation is 1. The standard InChI is InChI=1S/C22H27NO7S/c1-22(2,3)30-21(26)23(16-29-31(27,28)19-7-5-4-6-8-19)15-18-11-9-17(10-12-18)13-14-20(24)25/h4-12H,13-16H2,1-3H3,(H,24,25). The number of carbonyl (C=O) groups excluding carboxylic acids is 1. The summed E-state index contributed by atoms with van der Waals surface area (Å²) in [7, 11) is -4.05. The molecule has 2 aromatic rings. The molecule has 0 atom stereocenters. The molecule has 1 amide bonds. The predicted molar refractivity (Wildman–Crippen MR) is 114 cm³/mol. The zero-order valence-corrected chi connectivity index (χ0v) is 18.6. The maximum absolute atomic E-state index is 12.6. The fraction of sp³-hybridized carbons (Fsp3) is 0.364. The second-order valence-electron chi connectivity index (χ2n) is 7.90. The maximum Gasteiger partial charge on any atom is 0.412 e. The Morgan fingerprint density at radius 1 is 0.968 bits per heavy atom. The monoisotopic (exact) mass is 449 g/mol. The molecule has 0 heterocycles. The Hall–Kier alpha value is -2.91. The highest BCUT2D eigenvalue weighted by Crippen LogP contribution is 2.17. The van der Waals surface area contributed by atoms with E-state index in [4.69, 9.17) is 14.0 Å². The van der Waals surface area contributed by atoms with Gasteiger partial charge in [-0.1, -0.05) is 42.5 Å². The number of carboxylic acid groups (broad SMARTS) is 1. The van der Waals surface area contributed by atoms with E-state index in [9.17, 15) is 18.0 Å². The van der Waals surface area contributed by atoms with Crippen LogP contribution in [0.4, 0.5) is 4.79 Å². The minimum atomic E-state index is -4.05. The highest BCUT2D eigenvalue weighted by Gasteiger charge is 2.25. The number of ether oxygens (including phenoxy) is 1. The average Bonchev–Trinajstić information content (AvgIpc) is 2.69. The van der Waals surface area contributed by atoms with Crippen LogP contribution in [-0.2, 0) is 36.8 Å². The zero-order chi connectivity index (χ0) is 23.1. The number of carbonyl (C=O) groups is 2. The molecule has 0 spiro atoms. The summed E-state index contributed by atoms with van der Waals surface area (Å²) in [6, 6.07) is 14.7. The maximum atomic E-state index is 12.6. The highest BCUT2D eigenvalue weighted by atomic mass is 32.2. The molecule has 0 aliphatic carbocycles. The number of hydrogen-bond donors (Lipinski definition) is 1. The Kier molecular flexibility index (Phi) is 8.18. The predicted octanol–water partition coefficient (Wildman–Crippen LogP) is 3.80. The molecular formula is C22H27NO7S. The summed E-state index contributed by atoms with van der Waals surface area (Å²) in [5.41, 5.74) is 0.789. The quantitative estimate of drug-likeness (QED) is 0.458. The number of rotatable bonds is 9. The van der Waals surface area contributed by atoms with Crippen molar-refractivity contribution in [2.45, 2.75) is 50.7 Å². The van der Waals surface area contributed by atoms with Crippen LogP contribution in [0, 0.1) is 0 Å². The number of nitrogens with zero attached hydrogens (tertiary/aromatic N) is 1. The van der Waals surface area contributed by atoms with Crippen LogP contribution in [0.25, 0.3) is 0 Å². The average molecular weight is 450 g/mol. The molecular weight excluding hydrogens is 422 g/mol. The molecule has 0 aromatic heterocycles. The number of amides is 1. The Morgan fingerprint density at radius 3 is 2.10 bits per heavy atom. The fourth-order valence-corrected chi connectivity index (χ4v) is 3.45. The van der Waals surface area contributed by atoms with Gasteiger partial charge < -0.3 is 9.84 Å². The number of benzene rings is 2. The van der Waals surface area contributed by atoms with Gasteiger partial charge in [0, 0.05) is 6.42 Å². The second kappa shape index (κ2) is 10.4. The van der Waals surface area contributed by atoms with E-state index >= 15 is 0 Å². The molecule has 0 unspecified atom stereocenters. The van der Waals surface area contributed by atoms with Crippen molar-refractivity contribution in [2.75, 3.05) is 6.73 Å². The smallest absolute Gasteiger partial charge is 0.412 e. The lowest BCUT2D eigenvalue weighted by Gasteiger charge is -2.27. The normalized spacial score (nSPS) is 11.7. The van der Waals surface area contributed by atoms with E-state index in [-0.39, 0.29) is 17.9 Å². The van der Waals surface area contributed by atoms with Crippen LogP contribution in [0.2, 0.25) is 0 Å². The van der Waals surface area contributed by atoms with E-state index in [0.29, 0.717) is 12.0 Å². The van der Waals surface area contributed by atoms with Crippen molar-refractivity contribution in [3.8, 4) is 0 Å². The van der Waals surface area contributed by atoms with E-state index in [1.165, 1.54) is 12.1 Å². The van der Waals surface area contributed by atoms with Crippen molar-refractivity contribution in [3.63, 3.8) is 0 Å². The van der Waals surface area contributed by atoms with Crippen LogP contribution in [0.15, 0.2) is 59.5 Å². The van der Waals surface area contributed by atoms with Gasteiger partial charge in [0.25, 0.3) is 10.1 Å². The molecule has 2 rings (SSSR count). The molecule has 0 fully saturated rings. The van der Waals surface area contributed by atoms with E-state index in [1.807, 2.05) is 0 Å². The first-order chi connectivity index (χ1) is 14.5. The Labute approximate surface area is 182 Å². The van der Waals surface area contributed by atoms with Crippen molar-refractivity contribution in [3.05, 3.63) is 65.7 Å². The van der Waals surface area contributed by atoms with Crippen LogP contribution >= 0.6 is 0 Å². The van der Waals surface area contributed by atoms with Crippen molar-refractivity contribution >= 4 is 22.2 Å². The number of carboxylic acids is 1.